The first-order valence-electron chi connectivity index (χ1n) is 6.80. The fourth-order valence-corrected chi connectivity index (χ4v) is 2.46. The van der Waals surface area contributed by atoms with Crippen molar-refractivity contribution in [2.45, 2.75) is 45.1 Å². The highest BCUT2D eigenvalue weighted by molar-refractivity contribution is 9.10. The summed E-state index contributed by atoms with van der Waals surface area (Å²) in [6.07, 6.45) is 1.51. The molecule has 2 heterocycles. The molecule has 0 radical (unpaired) electrons. The van der Waals surface area contributed by atoms with Crippen molar-refractivity contribution in [2.75, 3.05) is 13.1 Å². The molecule has 6 nitrogen and oxygen atoms in total. The Morgan fingerprint density at radius 1 is 1.35 bits per heavy atom. The van der Waals surface area contributed by atoms with Gasteiger partial charge in [-0.1, -0.05) is 0 Å². The molecule has 0 aliphatic carbocycles. The molecule has 112 valence electrons. The van der Waals surface area contributed by atoms with Gasteiger partial charge in [-0.05, 0) is 49.5 Å². The lowest BCUT2D eigenvalue weighted by Crippen LogP contribution is -2.41. The van der Waals surface area contributed by atoms with Gasteiger partial charge in [-0.15, -0.1) is 0 Å². The van der Waals surface area contributed by atoms with Gasteiger partial charge >= 0.3 is 6.09 Å². The molecule has 1 aliphatic heterocycles. The molecular formula is C13H21BrN4O2. The second-order valence-corrected chi connectivity index (χ2v) is 6.81. The summed E-state index contributed by atoms with van der Waals surface area (Å²) in [6, 6.07) is 0. The topological polar surface area (TPSA) is 60.2 Å². The Hall–Kier alpha value is -1.11. The fraction of sp³-hybridized carbons (Fsp3) is 0.769. The minimum atomic E-state index is -0.443. The number of rotatable bonds is 1. The third-order valence-electron chi connectivity index (χ3n) is 3.24. The molecule has 7 heteroatoms. The van der Waals surface area contributed by atoms with E-state index < -0.39 is 5.60 Å². The zero-order valence-electron chi connectivity index (χ0n) is 12.4. The Morgan fingerprint density at radius 2 is 1.95 bits per heavy atom. The van der Waals surface area contributed by atoms with E-state index in [4.69, 9.17) is 4.74 Å². The van der Waals surface area contributed by atoms with Crippen LogP contribution >= 0.6 is 15.9 Å². The Bertz CT molecular complexity index is 468. The maximum absolute atomic E-state index is 12.0. The number of likely N-dealkylation sites (tertiary alicyclic amines) is 1. The maximum Gasteiger partial charge on any atom is 0.410 e. The Labute approximate surface area is 127 Å². The van der Waals surface area contributed by atoms with E-state index in [1.54, 1.807) is 9.58 Å². The summed E-state index contributed by atoms with van der Waals surface area (Å²) in [6.45, 7) is 7.03. The molecule has 0 bridgehead atoms. The van der Waals surface area contributed by atoms with E-state index in [-0.39, 0.29) is 6.09 Å². The van der Waals surface area contributed by atoms with Gasteiger partial charge in [0.15, 0.2) is 10.6 Å². The molecule has 2 rings (SSSR count). The molecule has 20 heavy (non-hydrogen) atoms. The van der Waals surface area contributed by atoms with Gasteiger partial charge in [-0.2, -0.15) is 5.10 Å². The molecule has 1 fully saturated rings. The van der Waals surface area contributed by atoms with Crippen molar-refractivity contribution in [3.05, 3.63) is 10.6 Å². The number of carbonyl (C=O) groups excluding carboxylic acids is 1. The normalized spacial score (nSPS) is 17.4. The average Bonchev–Trinajstić information content (AvgIpc) is 2.68. The van der Waals surface area contributed by atoms with Crippen LogP contribution in [0.25, 0.3) is 0 Å². The number of carbonyl (C=O) groups is 1. The van der Waals surface area contributed by atoms with Crippen LogP contribution in [0, 0.1) is 0 Å². The van der Waals surface area contributed by atoms with Crippen molar-refractivity contribution < 1.29 is 9.53 Å². The van der Waals surface area contributed by atoms with Gasteiger partial charge in [0.2, 0.25) is 0 Å². The number of amides is 1. The highest BCUT2D eigenvalue weighted by Gasteiger charge is 2.29. The number of aromatic nitrogens is 3. The first-order valence-corrected chi connectivity index (χ1v) is 7.60. The van der Waals surface area contributed by atoms with Crippen molar-refractivity contribution >= 4 is 22.0 Å². The van der Waals surface area contributed by atoms with Crippen LogP contribution in [0.1, 0.15) is 45.4 Å². The van der Waals surface area contributed by atoms with Gasteiger partial charge in [-0.25, -0.2) is 14.5 Å². The zero-order chi connectivity index (χ0) is 14.9. The van der Waals surface area contributed by atoms with Crippen LogP contribution in [0.5, 0.6) is 0 Å². The average molecular weight is 345 g/mol. The summed E-state index contributed by atoms with van der Waals surface area (Å²) in [4.78, 5) is 18.1. The highest BCUT2D eigenvalue weighted by Crippen LogP contribution is 2.27. The Morgan fingerprint density at radius 3 is 2.40 bits per heavy atom. The third-order valence-corrected chi connectivity index (χ3v) is 3.93. The summed E-state index contributed by atoms with van der Waals surface area (Å²) in [5.74, 6) is 1.16. The molecule has 1 aromatic rings. The lowest BCUT2D eigenvalue weighted by molar-refractivity contribution is 0.0203. The molecular weight excluding hydrogens is 324 g/mol. The maximum atomic E-state index is 12.0. The van der Waals surface area contributed by atoms with E-state index in [2.05, 4.69) is 26.0 Å². The molecule has 0 N–H and O–H groups in total. The van der Waals surface area contributed by atoms with Gasteiger partial charge in [0.1, 0.15) is 5.60 Å². The fourth-order valence-electron chi connectivity index (χ4n) is 2.20. The number of nitrogens with zero attached hydrogens (tertiary/aromatic N) is 4. The second-order valence-electron chi connectivity index (χ2n) is 6.10. The summed E-state index contributed by atoms with van der Waals surface area (Å²) in [7, 11) is 1.86. The monoisotopic (exact) mass is 344 g/mol. The third kappa shape index (κ3) is 3.71. The van der Waals surface area contributed by atoms with E-state index in [0.29, 0.717) is 19.0 Å². The molecule has 0 atom stereocenters. The standard InChI is InChI=1S/C13H21BrN4O2/c1-13(2,3)20-12(19)18-7-5-9(6-8-18)10-15-11(14)17(4)16-10/h9H,5-8H2,1-4H3. The van der Waals surface area contributed by atoms with Crippen molar-refractivity contribution in [3.63, 3.8) is 0 Å². The number of halogens is 1. The molecule has 1 amide bonds. The first-order chi connectivity index (χ1) is 9.26. The Kier molecular flexibility index (Phi) is 4.36. The van der Waals surface area contributed by atoms with Crippen molar-refractivity contribution in [3.8, 4) is 0 Å². The summed E-state index contributed by atoms with van der Waals surface area (Å²) < 4.78 is 7.84. The summed E-state index contributed by atoms with van der Waals surface area (Å²) in [5, 5.41) is 4.39. The van der Waals surface area contributed by atoms with Crippen LogP contribution in [0.4, 0.5) is 4.79 Å². The van der Waals surface area contributed by atoms with Crippen LogP contribution in [0.3, 0.4) is 0 Å². The molecule has 0 saturated carbocycles. The van der Waals surface area contributed by atoms with E-state index in [1.165, 1.54) is 0 Å². The quantitative estimate of drug-likeness (QED) is 0.785. The van der Waals surface area contributed by atoms with Crippen LogP contribution < -0.4 is 0 Å². The predicted octanol–water partition coefficient (Wildman–Crippen LogP) is 2.69. The molecule has 0 aromatic carbocycles. The number of hydrogen-bond donors (Lipinski definition) is 0. The lowest BCUT2D eigenvalue weighted by atomic mass is 9.96. The van der Waals surface area contributed by atoms with E-state index >= 15 is 0 Å². The first kappa shape index (κ1) is 15.3. The predicted molar refractivity (Wildman–Crippen MR) is 78.5 cm³/mol. The molecule has 1 aliphatic rings. The van der Waals surface area contributed by atoms with Gasteiger partial charge in [-0.3, -0.25) is 0 Å². The summed E-state index contributed by atoms with van der Waals surface area (Å²) >= 11 is 3.36. The van der Waals surface area contributed by atoms with Gasteiger partial charge < -0.3 is 9.64 Å². The van der Waals surface area contributed by atoms with Crippen molar-refractivity contribution in [1.29, 1.82) is 0 Å². The molecule has 0 unspecified atom stereocenters. The minimum Gasteiger partial charge on any atom is -0.444 e. The number of piperidine rings is 1. The SMILES string of the molecule is Cn1nc(C2CCN(C(=O)OC(C)(C)C)CC2)nc1Br. The highest BCUT2D eigenvalue weighted by atomic mass is 79.9. The van der Waals surface area contributed by atoms with Gasteiger partial charge in [0.05, 0.1) is 0 Å². The van der Waals surface area contributed by atoms with E-state index in [0.717, 1.165) is 23.4 Å². The van der Waals surface area contributed by atoms with Crippen molar-refractivity contribution in [1.82, 2.24) is 19.7 Å². The molecule has 0 spiro atoms. The van der Waals surface area contributed by atoms with E-state index in [1.807, 2.05) is 27.8 Å². The van der Waals surface area contributed by atoms with Gasteiger partial charge in [0, 0.05) is 26.1 Å². The smallest absolute Gasteiger partial charge is 0.410 e. The number of ether oxygens (including phenoxy) is 1. The van der Waals surface area contributed by atoms with Crippen LogP contribution in [0.15, 0.2) is 4.73 Å². The summed E-state index contributed by atoms with van der Waals surface area (Å²) in [5.41, 5.74) is -0.443. The zero-order valence-corrected chi connectivity index (χ0v) is 14.0. The number of hydrogen-bond acceptors (Lipinski definition) is 4. The second kappa shape index (κ2) is 5.71. The molecule has 1 aromatic heterocycles. The van der Waals surface area contributed by atoms with Crippen molar-refractivity contribution in [2.24, 2.45) is 7.05 Å². The minimum absolute atomic E-state index is 0.230. The van der Waals surface area contributed by atoms with E-state index in [9.17, 15) is 4.79 Å². The Balaban J connectivity index is 1.91. The van der Waals surface area contributed by atoms with Gasteiger partial charge in [0.25, 0.3) is 0 Å². The largest absolute Gasteiger partial charge is 0.444 e. The van der Waals surface area contributed by atoms with Crippen LogP contribution in [-0.2, 0) is 11.8 Å². The lowest BCUT2D eigenvalue weighted by Gasteiger charge is -2.32. The number of aryl methyl sites for hydroxylation is 1. The molecule has 1 saturated heterocycles. The van der Waals surface area contributed by atoms with Crippen LogP contribution in [0.2, 0.25) is 0 Å². The van der Waals surface area contributed by atoms with Crippen LogP contribution in [-0.4, -0.2) is 44.4 Å².